The van der Waals surface area contributed by atoms with Gasteiger partial charge in [0.1, 0.15) is 0 Å². The van der Waals surface area contributed by atoms with E-state index in [1.165, 1.54) is 19.8 Å². The lowest BCUT2D eigenvalue weighted by molar-refractivity contribution is -0.0000349. The van der Waals surface area contributed by atoms with E-state index < -0.39 is 0 Å². The molecule has 0 saturated heterocycles. The zero-order valence-electron chi connectivity index (χ0n) is 17.6. The second-order valence-electron chi connectivity index (χ2n) is 7.01. The van der Waals surface area contributed by atoms with Crippen molar-refractivity contribution in [2.45, 2.75) is 19.6 Å². The highest BCUT2D eigenvalue weighted by Gasteiger charge is 2.11. The van der Waals surface area contributed by atoms with Crippen LogP contribution in [0, 0.1) is 0 Å². The lowest BCUT2D eigenvalue weighted by Crippen LogP contribution is -3.00. The summed E-state index contributed by atoms with van der Waals surface area (Å²) in [5.41, 5.74) is 4.49. The highest BCUT2D eigenvalue weighted by atomic mass is 35.5. The van der Waals surface area contributed by atoms with Crippen LogP contribution in [0.1, 0.15) is 37.4 Å². The van der Waals surface area contributed by atoms with E-state index in [2.05, 4.69) is 17.0 Å². The number of carbonyl (C=O) groups excluding carboxylic acids is 2. The minimum Gasteiger partial charge on any atom is -1.00 e. The number of benzene rings is 3. The largest absolute Gasteiger partial charge is 1.00 e. The smallest absolute Gasteiger partial charge is 0.337 e. The lowest BCUT2D eigenvalue weighted by atomic mass is 10.1. The van der Waals surface area contributed by atoms with E-state index in [-0.39, 0.29) is 24.3 Å². The van der Waals surface area contributed by atoms with Crippen LogP contribution < -0.4 is 12.4 Å². The van der Waals surface area contributed by atoms with Crippen molar-refractivity contribution in [2.24, 2.45) is 0 Å². The molecular weight excluding hydrogens is 414 g/mol. The van der Waals surface area contributed by atoms with Crippen molar-refractivity contribution < 1.29 is 31.5 Å². The van der Waals surface area contributed by atoms with E-state index in [4.69, 9.17) is 9.47 Å². The van der Waals surface area contributed by atoms with Gasteiger partial charge in [-0.3, -0.25) is 4.90 Å². The minimum absolute atomic E-state index is 0. The molecule has 0 fully saturated rings. The molecule has 0 unspecified atom stereocenters. The molecule has 0 aliphatic rings. The topological polar surface area (TPSA) is 55.8 Å². The molecule has 3 aromatic carbocycles. The Hall–Kier alpha value is -3.15. The van der Waals surface area contributed by atoms with Crippen molar-refractivity contribution in [1.29, 1.82) is 0 Å². The Kier molecular flexibility index (Phi) is 9.25. The number of hydrogen-bond donors (Lipinski definition) is 0. The van der Waals surface area contributed by atoms with Crippen molar-refractivity contribution >= 4 is 11.9 Å². The van der Waals surface area contributed by atoms with Crippen LogP contribution in [-0.4, -0.2) is 31.1 Å². The van der Waals surface area contributed by atoms with Gasteiger partial charge in [0, 0.05) is 19.6 Å². The molecule has 0 amide bonds. The molecule has 0 atom stereocenters. The van der Waals surface area contributed by atoms with Crippen LogP contribution in [0.25, 0.3) is 0 Å². The van der Waals surface area contributed by atoms with Gasteiger partial charge in [-0.1, -0.05) is 54.6 Å². The van der Waals surface area contributed by atoms with Gasteiger partial charge in [-0.15, -0.1) is 0 Å². The Morgan fingerprint density at radius 2 is 0.968 bits per heavy atom. The summed E-state index contributed by atoms with van der Waals surface area (Å²) in [6.45, 7) is 2.21. The van der Waals surface area contributed by atoms with Crippen molar-refractivity contribution in [3.8, 4) is 0 Å². The zero-order valence-corrected chi connectivity index (χ0v) is 18.3. The second kappa shape index (κ2) is 11.9. The maximum atomic E-state index is 11.7. The summed E-state index contributed by atoms with van der Waals surface area (Å²) >= 11 is 0. The first-order valence-corrected chi connectivity index (χ1v) is 9.70. The predicted octanol–water partition coefficient (Wildman–Crippen LogP) is 1.47. The minimum atomic E-state index is -0.339. The summed E-state index contributed by atoms with van der Waals surface area (Å²) < 4.78 is 9.54. The molecule has 0 bridgehead atoms. The van der Waals surface area contributed by atoms with Crippen LogP contribution in [0.5, 0.6) is 0 Å². The molecule has 0 spiro atoms. The van der Waals surface area contributed by atoms with Crippen molar-refractivity contribution in [3.05, 3.63) is 107 Å². The first kappa shape index (κ1) is 24.1. The number of ether oxygens (including phenoxy) is 2. The molecule has 0 saturated carbocycles. The normalized spacial score (nSPS) is 10.3. The second-order valence-corrected chi connectivity index (χ2v) is 7.01. The highest BCUT2D eigenvalue weighted by Crippen LogP contribution is 2.16. The van der Waals surface area contributed by atoms with Crippen LogP contribution in [0.4, 0.5) is 0 Å². The lowest BCUT2D eigenvalue weighted by Gasteiger charge is -2.23. The van der Waals surface area contributed by atoms with Gasteiger partial charge < -0.3 is 21.9 Å². The van der Waals surface area contributed by atoms with E-state index in [0.717, 1.165) is 30.8 Å². The number of halogens is 1. The third-order valence-electron chi connectivity index (χ3n) is 4.81. The van der Waals surface area contributed by atoms with E-state index in [1.807, 2.05) is 42.5 Å². The van der Waals surface area contributed by atoms with Crippen LogP contribution in [0.15, 0.2) is 78.9 Å². The first-order valence-electron chi connectivity index (χ1n) is 9.70. The standard InChI is InChI=1S/C25H25NO4.ClH/c1-29-24(27)22-12-8-20(9-13-22)17-26(16-19-6-4-3-5-7-19)18-21-10-14-23(15-11-21)25(28)30-2;/h3-15H,16-18H2,1-2H3;1H/p-1. The number of nitrogens with zero attached hydrogens (tertiary/aromatic N) is 1. The fourth-order valence-electron chi connectivity index (χ4n) is 3.25. The summed E-state index contributed by atoms with van der Waals surface area (Å²) in [6, 6.07) is 25.2. The zero-order chi connectivity index (χ0) is 21.3. The molecule has 0 aliphatic heterocycles. The summed E-state index contributed by atoms with van der Waals surface area (Å²) in [7, 11) is 2.76. The van der Waals surface area contributed by atoms with Crippen LogP contribution >= 0.6 is 0 Å². The summed E-state index contributed by atoms with van der Waals surface area (Å²) in [5, 5.41) is 0. The van der Waals surface area contributed by atoms with Gasteiger partial charge in [0.2, 0.25) is 0 Å². The van der Waals surface area contributed by atoms with Crippen molar-refractivity contribution in [1.82, 2.24) is 4.90 Å². The number of hydrogen-bond acceptors (Lipinski definition) is 5. The molecule has 3 aromatic rings. The van der Waals surface area contributed by atoms with Gasteiger partial charge in [-0.2, -0.15) is 0 Å². The third-order valence-corrected chi connectivity index (χ3v) is 4.81. The number of carbonyl (C=O) groups is 2. The monoisotopic (exact) mass is 438 g/mol. The average molecular weight is 439 g/mol. The first-order chi connectivity index (χ1) is 14.6. The number of esters is 2. The van der Waals surface area contributed by atoms with Crippen LogP contribution in [-0.2, 0) is 29.1 Å². The molecule has 5 nitrogen and oxygen atoms in total. The Bertz CT molecular complexity index is 911. The van der Waals surface area contributed by atoms with E-state index >= 15 is 0 Å². The molecule has 162 valence electrons. The van der Waals surface area contributed by atoms with Gasteiger partial charge in [0.25, 0.3) is 0 Å². The number of rotatable bonds is 8. The predicted molar refractivity (Wildman–Crippen MR) is 115 cm³/mol. The molecule has 0 N–H and O–H groups in total. The fourth-order valence-corrected chi connectivity index (χ4v) is 3.25. The summed E-state index contributed by atoms with van der Waals surface area (Å²) in [5.74, 6) is -0.679. The maximum Gasteiger partial charge on any atom is 0.337 e. The van der Waals surface area contributed by atoms with E-state index in [0.29, 0.717) is 11.1 Å². The van der Waals surface area contributed by atoms with Crippen LogP contribution in [0.3, 0.4) is 0 Å². The Balaban J connectivity index is 0.00000341. The van der Waals surface area contributed by atoms with Gasteiger partial charge in [0.05, 0.1) is 25.3 Å². The Labute approximate surface area is 189 Å². The molecule has 0 heterocycles. The maximum absolute atomic E-state index is 11.7. The van der Waals surface area contributed by atoms with Gasteiger partial charge in [-0.05, 0) is 41.0 Å². The quantitative estimate of drug-likeness (QED) is 0.498. The van der Waals surface area contributed by atoms with Gasteiger partial charge in [-0.25, -0.2) is 9.59 Å². The van der Waals surface area contributed by atoms with Crippen LogP contribution in [0.2, 0.25) is 0 Å². The molecule has 3 rings (SSSR count). The molecule has 6 heteroatoms. The van der Waals surface area contributed by atoms with E-state index in [1.54, 1.807) is 24.3 Å². The van der Waals surface area contributed by atoms with Crippen molar-refractivity contribution in [2.75, 3.05) is 14.2 Å². The fraction of sp³-hybridized carbons (Fsp3) is 0.200. The number of methoxy groups -OCH3 is 2. The average Bonchev–Trinajstić information content (AvgIpc) is 2.79. The van der Waals surface area contributed by atoms with Gasteiger partial charge in [0.15, 0.2) is 0 Å². The molecule has 31 heavy (non-hydrogen) atoms. The summed E-state index contributed by atoms with van der Waals surface area (Å²) in [6.07, 6.45) is 0. The van der Waals surface area contributed by atoms with E-state index in [9.17, 15) is 9.59 Å². The van der Waals surface area contributed by atoms with Crippen molar-refractivity contribution in [3.63, 3.8) is 0 Å². The molecule has 0 aliphatic carbocycles. The van der Waals surface area contributed by atoms with Gasteiger partial charge >= 0.3 is 11.9 Å². The molecule has 0 radical (unpaired) electrons. The third kappa shape index (κ3) is 6.95. The highest BCUT2D eigenvalue weighted by molar-refractivity contribution is 5.89. The SMILES string of the molecule is COC(=O)c1ccc(CN(Cc2ccccc2)Cc2ccc(C(=O)OC)cc2)cc1.[Cl-]. The molecular formula is C25H25ClNO4-. The Morgan fingerprint density at radius 3 is 1.32 bits per heavy atom. The molecule has 0 aromatic heterocycles. The summed E-state index contributed by atoms with van der Waals surface area (Å²) in [4.78, 5) is 25.6. The Morgan fingerprint density at radius 1 is 0.613 bits per heavy atom.